The Hall–Kier alpha value is -1.62. The summed E-state index contributed by atoms with van der Waals surface area (Å²) in [6, 6.07) is 8.33. The monoisotopic (exact) mass is 496 g/mol. The van der Waals surface area contributed by atoms with Crippen LogP contribution in [0.1, 0.15) is 27.2 Å². The van der Waals surface area contributed by atoms with Crippen molar-refractivity contribution in [2.45, 2.75) is 56.2 Å². The fourth-order valence-corrected chi connectivity index (χ4v) is 6.87. The van der Waals surface area contributed by atoms with Crippen molar-refractivity contribution < 1.29 is 36.9 Å². The van der Waals surface area contributed by atoms with Crippen molar-refractivity contribution in [3.8, 4) is 0 Å². The van der Waals surface area contributed by atoms with Crippen molar-refractivity contribution >= 4 is 16.1 Å². The highest BCUT2D eigenvalue weighted by Gasteiger charge is 2.72. The molecule has 34 heavy (non-hydrogen) atoms. The molecule has 3 rings (SSSR count). The number of benzene rings is 1. The minimum atomic E-state index is -3.51. The van der Waals surface area contributed by atoms with Gasteiger partial charge in [-0.3, -0.25) is 0 Å². The van der Waals surface area contributed by atoms with Crippen molar-refractivity contribution in [1.82, 2.24) is 0 Å². The first-order valence-corrected chi connectivity index (χ1v) is 13.0. The molecule has 2 fully saturated rings. The molecule has 1 aliphatic heterocycles. The molecule has 1 saturated carbocycles. The summed E-state index contributed by atoms with van der Waals surface area (Å²) in [5.41, 5.74) is -0.694. The van der Waals surface area contributed by atoms with Crippen LogP contribution in [0.2, 0.25) is 0 Å². The largest absolute Gasteiger partial charge is 0.375 e. The Balaban J connectivity index is 1.90. The van der Waals surface area contributed by atoms with E-state index in [4.69, 9.17) is 23.7 Å². The number of carbonyl (C=O) groups is 1. The third-order valence-electron chi connectivity index (χ3n) is 7.16. The summed E-state index contributed by atoms with van der Waals surface area (Å²) >= 11 is 0. The molecule has 1 saturated heterocycles. The van der Waals surface area contributed by atoms with Gasteiger partial charge in [0.05, 0.1) is 16.8 Å². The lowest BCUT2D eigenvalue weighted by Crippen LogP contribution is -2.63. The van der Waals surface area contributed by atoms with E-state index < -0.39 is 33.9 Å². The summed E-state index contributed by atoms with van der Waals surface area (Å²) in [6.45, 7) is 5.76. The van der Waals surface area contributed by atoms with Gasteiger partial charge < -0.3 is 28.5 Å². The predicted octanol–water partition coefficient (Wildman–Crippen LogP) is 3.01. The number of fused-ring (bicyclic) bond motifs is 1. The highest BCUT2D eigenvalue weighted by Crippen LogP contribution is 2.64. The molecule has 2 aliphatic rings. The molecule has 0 unspecified atom stereocenters. The first-order valence-electron chi connectivity index (χ1n) is 11.3. The van der Waals surface area contributed by atoms with Gasteiger partial charge in [-0.2, -0.15) is 0 Å². The molecule has 0 bridgehead atoms. The summed E-state index contributed by atoms with van der Waals surface area (Å²) in [6.07, 6.45) is 1.52. The van der Waals surface area contributed by atoms with E-state index in [0.717, 1.165) is 12.7 Å². The third kappa shape index (κ3) is 4.87. The fraction of sp³-hybridized carbons (Fsp3) is 0.640. The second-order valence-corrected chi connectivity index (χ2v) is 11.7. The molecule has 9 heteroatoms. The predicted molar refractivity (Wildman–Crippen MR) is 126 cm³/mol. The maximum Gasteiger partial charge on any atom is 0.182 e. The lowest BCUT2D eigenvalue weighted by Gasteiger charge is -2.55. The van der Waals surface area contributed by atoms with Gasteiger partial charge in [-0.1, -0.05) is 43.7 Å². The van der Waals surface area contributed by atoms with Crippen LogP contribution in [0.5, 0.6) is 0 Å². The Labute approximate surface area is 202 Å². The molecule has 8 nitrogen and oxygen atoms in total. The number of hydrogen-bond acceptors (Lipinski definition) is 8. The first kappa shape index (κ1) is 27.0. The van der Waals surface area contributed by atoms with E-state index in [-0.39, 0.29) is 34.7 Å². The molecule has 0 spiro atoms. The van der Waals surface area contributed by atoms with Crippen LogP contribution in [0.15, 0.2) is 46.9 Å². The molecular weight excluding hydrogens is 460 g/mol. The quantitative estimate of drug-likeness (QED) is 0.248. The number of hydrogen-bond donors (Lipinski definition) is 0. The van der Waals surface area contributed by atoms with Crippen LogP contribution >= 0.6 is 0 Å². The van der Waals surface area contributed by atoms with E-state index >= 15 is 0 Å². The summed E-state index contributed by atoms with van der Waals surface area (Å²) in [5.74, 6) is -0.610. The smallest absolute Gasteiger partial charge is 0.182 e. The molecule has 0 aromatic heterocycles. The summed E-state index contributed by atoms with van der Waals surface area (Å²) in [7, 11) is 1.09. The van der Waals surface area contributed by atoms with E-state index in [0.29, 0.717) is 5.57 Å². The molecule has 1 aliphatic carbocycles. The van der Waals surface area contributed by atoms with Crippen molar-refractivity contribution in [2.75, 3.05) is 33.9 Å². The molecule has 6 atom stereocenters. The van der Waals surface area contributed by atoms with Crippen LogP contribution in [0.3, 0.4) is 0 Å². The average molecular weight is 497 g/mol. The number of methoxy groups -OCH3 is 3. The van der Waals surface area contributed by atoms with Crippen molar-refractivity contribution in [3.63, 3.8) is 0 Å². The number of ether oxygens (including phenoxy) is 5. The van der Waals surface area contributed by atoms with Gasteiger partial charge in [0.2, 0.25) is 0 Å². The van der Waals surface area contributed by atoms with Crippen LogP contribution in [0, 0.1) is 17.3 Å². The lowest BCUT2D eigenvalue weighted by molar-refractivity contribution is -0.223. The lowest BCUT2D eigenvalue weighted by atomic mass is 9.50. The standard InChI is InChI=1S/C25H36O8S/c1-17(14-34(27,28)18-10-8-7-9-11-18)12-20(30-5)22(32-16-29-4)21-19-13-24(2,3)25(19,15-26)33-23(21)31-6/h7-12,15,19-23H,13-14,16H2,1-6H3/b17-12-/t19-,20-,21+,22+,23-,25+/m0/s1. The van der Waals surface area contributed by atoms with Crippen molar-refractivity contribution in [1.29, 1.82) is 0 Å². The zero-order chi connectivity index (χ0) is 25.1. The zero-order valence-corrected chi connectivity index (χ0v) is 21.5. The molecule has 0 N–H and O–H groups in total. The van der Waals surface area contributed by atoms with Gasteiger partial charge in [0, 0.05) is 38.6 Å². The number of sulfone groups is 1. The Morgan fingerprint density at radius 3 is 2.41 bits per heavy atom. The number of rotatable bonds is 12. The van der Waals surface area contributed by atoms with E-state index in [1.165, 1.54) is 14.2 Å². The van der Waals surface area contributed by atoms with Crippen LogP contribution in [-0.4, -0.2) is 72.7 Å². The minimum absolute atomic E-state index is 0.00311. The molecule has 1 aromatic rings. The third-order valence-corrected chi connectivity index (χ3v) is 8.98. The fourth-order valence-electron chi connectivity index (χ4n) is 5.43. The van der Waals surface area contributed by atoms with Gasteiger partial charge >= 0.3 is 0 Å². The van der Waals surface area contributed by atoms with Gasteiger partial charge in [0.25, 0.3) is 0 Å². The number of aldehydes is 1. The van der Waals surface area contributed by atoms with Crippen molar-refractivity contribution in [3.05, 3.63) is 42.0 Å². The average Bonchev–Trinajstić information content (AvgIpc) is 3.08. The molecule has 0 amide bonds. The van der Waals surface area contributed by atoms with Gasteiger partial charge in [-0.15, -0.1) is 0 Å². The van der Waals surface area contributed by atoms with Gasteiger partial charge in [0.15, 0.2) is 22.4 Å². The Morgan fingerprint density at radius 2 is 1.88 bits per heavy atom. The van der Waals surface area contributed by atoms with E-state index in [1.54, 1.807) is 50.4 Å². The second-order valence-electron chi connectivity index (χ2n) is 9.73. The molecule has 1 aromatic carbocycles. The summed E-state index contributed by atoms with van der Waals surface area (Å²) in [4.78, 5) is 12.5. The maximum atomic E-state index is 12.9. The first-order chi connectivity index (χ1) is 16.1. The summed E-state index contributed by atoms with van der Waals surface area (Å²) in [5, 5.41) is 0. The molecule has 190 valence electrons. The van der Waals surface area contributed by atoms with E-state index in [9.17, 15) is 13.2 Å². The highest BCUT2D eigenvalue weighted by molar-refractivity contribution is 7.91. The van der Waals surface area contributed by atoms with Gasteiger partial charge in [0.1, 0.15) is 18.5 Å². The normalized spacial score (nSPS) is 30.3. The molecule has 1 heterocycles. The number of carbonyl (C=O) groups excluding carboxylic acids is 1. The van der Waals surface area contributed by atoms with Crippen molar-refractivity contribution in [2.24, 2.45) is 17.3 Å². The maximum absolute atomic E-state index is 12.9. The minimum Gasteiger partial charge on any atom is -0.375 e. The van der Waals surface area contributed by atoms with Gasteiger partial charge in [-0.05, 0) is 25.5 Å². The summed E-state index contributed by atoms with van der Waals surface area (Å²) < 4.78 is 54.6. The van der Waals surface area contributed by atoms with E-state index in [1.807, 2.05) is 13.8 Å². The Bertz CT molecular complexity index is 974. The van der Waals surface area contributed by atoms with Crippen LogP contribution < -0.4 is 0 Å². The molecular formula is C25H36O8S. The van der Waals surface area contributed by atoms with E-state index in [2.05, 4.69) is 0 Å². The van der Waals surface area contributed by atoms with Crippen LogP contribution in [0.25, 0.3) is 0 Å². The zero-order valence-electron chi connectivity index (χ0n) is 20.7. The van der Waals surface area contributed by atoms with Gasteiger partial charge in [-0.25, -0.2) is 8.42 Å². The second kappa shape index (κ2) is 10.6. The highest BCUT2D eigenvalue weighted by atomic mass is 32.2. The van der Waals surface area contributed by atoms with Crippen LogP contribution in [0.4, 0.5) is 0 Å². The van der Waals surface area contributed by atoms with Crippen LogP contribution in [-0.2, 0) is 38.3 Å². The Morgan fingerprint density at radius 1 is 1.21 bits per heavy atom. The topological polar surface area (TPSA) is 97.4 Å². The Kier molecular flexibility index (Phi) is 8.38. The SMILES string of the molecule is COCO[C@@H]([C@@H]1[C@@H](OC)O[C@]2(C=O)[C@H]1CC2(C)C)[C@H](/C=C(/C)CS(=O)(=O)c1ccccc1)OC. The molecule has 0 radical (unpaired) electrons.